The number of nitrogens with one attached hydrogen (secondary N) is 1. The van der Waals surface area contributed by atoms with Crippen molar-refractivity contribution < 1.29 is 42.0 Å². The van der Waals surface area contributed by atoms with Gasteiger partial charge in [0.1, 0.15) is 24.4 Å². The molecule has 10 nitrogen and oxygen atoms in total. The Bertz CT molecular complexity index is 424. The maximum absolute atomic E-state index is 11.0. The van der Waals surface area contributed by atoms with Crippen LogP contribution in [0.2, 0.25) is 0 Å². The van der Waals surface area contributed by atoms with Gasteiger partial charge in [-0.05, 0) is 0 Å². The lowest BCUT2D eigenvalue weighted by atomic mass is 9.97. The van der Waals surface area contributed by atoms with Crippen LogP contribution in [0.25, 0.3) is 0 Å². The van der Waals surface area contributed by atoms with Gasteiger partial charge in [-0.1, -0.05) is 0 Å². The fourth-order valence-electron chi connectivity index (χ4n) is 1.73. The zero-order valence-electron chi connectivity index (χ0n) is 9.83. The Labute approximate surface area is 108 Å². The molecule has 0 aromatic rings. The van der Waals surface area contributed by atoms with Crippen molar-refractivity contribution in [3.8, 4) is 0 Å². The molecule has 1 aliphatic heterocycles. The summed E-state index contributed by atoms with van der Waals surface area (Å²) in [5, 5.41) is 30.4. The van der Waals surface area contributed by atoms with E-state index >= 15 is 0 Å². The molecular weight excluding hydrogens is 286 g/mol. The van der Waals surface area contributed by atoms with Crippen LogP contribution in [-0.4, -0.2) is 71.4 Å². The lowest BCUT2D eigenvalue weighted by Gasteiger charge is -2.41. The Kier molecular flexibility index (Phi) is 5.20. The molecule has 112 valence electrons. The molecule has 19 heavy (non-hydrogen) atoms. The second-order valence-corrected chi connectivity index (χ2v) is 5.00. The minimum absolute atomic E-state index is 0.647. The van der Waals surface area contributed by atoms with Crippen LogP contribution >= 0.6 is 0 Å². The maximum atomic E-state index is 11.0. The number of hydrogen-bond donors (Lipinski definition) is 5. The summed E-state index contributed by atoms with van der Waals surface area (Å²) in [6.07, 6.45) is -6.45. The summed E-state index contributed by atoms with van der Waals surface area (Å²) < 4.78 is 39.0. The van der Waals surface area contributed by atoms with Gasteiger partial charge in [0.25, 0.3) is 0 Å². The molecule has 1 aliphatic rings. The van der Waals surface area contributed by atoms with E-state index in [-0.39, 0.29) is 0 Å². The summed E-state index contributed by atoms with van der Waals surface area (Å²) in [6.45, 7) is 0.359. The highest BCUT2D eigenvalue weighted by atomic mass is 32.3. The Morgan fingerprint density at radius 3 is 2.42 bits per heavy atom. The molecule has 1 fully saturated rings. The minimum Gasteiger partial charge on any atom is -0.394 e. The number of aliphatic hydroxyl groups excluding tert-OH is 3. The molecule has 0 unspecified atom stereocenters. The zero-order valence-corrected chi connectivity index (χ0v) is 10.6. The van der Waals surface area contributed by atoms with Crippen molar-refractivity contribution in [2.75, 3.05) is 6.61 Å². The van der Waals surface area contributed by atoms with E-state index in [9.17, 15) is 23.4 Å². The fraction of sp³-hybridized carbons (Fsp3) is 0.875. The lowest BCUT2D eigenvalue weighted by Crippen LogP contribution is -2.65. The third-order valence-corrected chi connectivity index (χ3v) is 2.94. The average Bonchev–Trinajstić information content (AvgIpc) is 2.26. The molecule has 1 heterocycles. The zero-order chi connectivity index (χ0) is 14.8. The maximum Gasteiger partial charge on any atom is 0.397 e. The molecule has 0 aromatic heterocycles. The monoisotopic (exact) mass is 301 g/mol. The topological polar surface area (TPSA) is 163 Å². The quantitative estimate of drug-likeness (QED) is 0.335. The van der Waals surface area contributed by atoms with E-state index in [0.29, 0.717) is 0 Å². The van der Waals surface area contributed by atoms with Gasteiger partial charge >= 0.3 is 10.4 Å². The van der Waals surface area contributed by atoms with Crippen LogP contribution in [0.1, 0.15) is 6.92 Å². The summed E-state index contributed by atoms with van der Waals surface area (Å²) in [7, 11) is -4.94. The van der Waals surface area contributed by atoms with Crippen LogP contribution < -0.4 is 5.32 Å². The van der Waals surface area contributed by atoms with Crippen molar-refractivity contribution in [2.24, 2.45) is 0 Å². The minimum atomic E-state index is -4.94. The first-order valence-electron chi connectivity index (χ1n) is 5.21. The van der Waals surface area contributed by atoms with Gasteiger partial charge in [-0.15, -0.1) is 0 Å². The highest BCUT2D eigenvalue weighted by Crippen LogP contribution is 2.23. The van der Waals surface area contributed by atoms with Crippen molar-refractivity contribution in [1.82, 2.24) is 5.32 Å². The fourth-order valence-corrected chi connectivity index (χ4v) is 2.24. The number of aliphatic hydroxyl groups is 3. The van der Waals surface area contributed by atoms with Gasteiger partial charge in [0.05, 0.1) is 6.61 Å². The van der Waals surface area contributed by atoms with Gasteiger partial charge in [-0.2, -0.15) is 8.42 Å². The van der Waals surface area contributed by atoms with E-state index in [1.807, 2.05) is 0 Å². The predicted molar refractivity (Wildman–Crippen MR) is 58.0 cm³/mol. The summed E-state index contributed by atoms with van der Waals surface area (Å²) in [5.41, 5.74) is 0. The van der Waals surface area contributed by atoms with Crippen LogP contribution in [0.4, 0.5) is 0 Å². The largest absolute Gasteiger partial charge is 0.397 e. The van der Waals surface area contributed by atoms with Crippen LogP contribution in [0.5, 0.6) is 0 Å². The molecule has 1 amide bonds. The number of hydrogen-bond acceptors (Lipinski definition) is 8. The molecule has 0 spiro atoms. The summed E-state index contributed by atoms with van der Waals surface area (Å²) in [4.78, 5) is 11.0. The highest BCUT2D eigenvalue weighted by molar-refractivity contribution is 7.80. The number of ether oxygens (including phenoxy) is 1. The van der Waals surface area contributed by atoms with E-state index < -0.39 is 53.6 Å². The van der Waals surface area contributed by atoms with E-state index in [1.165, 1.54) is 0 Å². The first-order chi connectivity index (χ1) is 8.65. The Morgan fingerprint density at radius 1 is 1.42 bits per heavy atom. The molecule has 0 bridgehead atoms. The second-order valence-electron chi connectivity index (χ2n) is 3.95. The second kappa shape index (κ2) is 6.09. The average molecular weight is 301 g/mol. The van der Waals surface area contributed by atoms with E-state index in [4.69, 9.17) is 14.4 Å². The Balaban J connectivity index is 3.00. The lowest BCUT2D eigenvalue weighted by molar-refractivity contribution is -0.249. The van der Waals surface area contributed by atoms with E-state index in [1.54, 1.807) is 0 Å². The van der Waals surface area contributed by atoms with Crippen LogP contribution in [0.15, 0.2) is 0 Å². The Morgan fingerprint density at radius 2 is 2.00 bits per heavy atom. The predicted octanol–water partition coefficient (Wildman–Crippen LogP) is -3.25. The summed E-state index contributed by atoms with van der Waals surface area (Å²) in [5.74, 6) is -0.647. The first kappa shape index (κ1) is 16.2. The standard InChI is InChI=1S/C8H15NO9S/c1-3(11)9-5-7(18-19(14,15)16)6(12)4(2-10)17-8(5)13/h4-8,10,12-13H,2H2,1H3,(H,9,11)(H,14,15,16)/t4-,5-,6+,7-,8-/m1/s1. The number of carbonyl (C=O) groups is 1. The Hall–Kier alpha value is -0.820. The highest BCUT2D eigenvalue weighted by Gasteiger charge is 2.47. The first-order valence-corrected chi connectivity index (χ1v) is 6.57. The number of amides is 1. The summed E-state index contributed by atoms with van der Waals surface area (Å²) >= 11 is 0. The molecular formula is C8H15NO9S. The molecule has 0 aromatic carbocycles. The van der Waals surface area contributed by atoms with Gasteiger partial charge in [-0.25, -0.2) is 4.18 Å². The smallest absolute Gasteiger partial charge is 0.394 e. The van der Waals surface area contributed by atoms with Crippen molar-refractivity contribution in [1.29, 1.82) is 0 Å². The van der Waals surface area contributed by atoms with E-state index in [2.05, 4.69) is 9.50 Å². The molecule has 0 radical (unpaired) electrons. The molecule has 0 saturated carbocycles. The van der Waals surface area contributed by atoms with Gasteiger partial charge in [-0.3, -0.25) is 9.35 Å². The van der Waals surface area contributed by atoms with Crippen LogP contribution in [0, 0.1) is 0 Å². The van der Waals surface area contributed by atoms with Crippen molar-refractivity contribution in [3.05, 3.63) is 0 Å². The molecule has 1 rings (SSSR count). The van der Waals surface area contributed by atoms with Crippen LogP contribution in [-0.2, 0) is 24.1 Å². The normalized spacial score (nSPS) is 35.9. The molecule has 0 aliphatic carbocycles. The molecule has 5 atom stereocenters. The molecule has 5 N–H and O–H groups in total. The van der Waals surface area contributed by atoms with Gasteiger partial charge in [0.2, 0.25) is 5.91 Å². The van der Waals surface area contributed by atoms with Gasteiger partial charge in [0.15, 0.2) is 6.29 Å². The third-order valence-electron chi connectivity index (χ3n) is 2.48. The molecule has 1 saturated heterocycles. The van der Waals surface area contributed by atoms with Crippen molar-refractivity contribution in [3.63, 3.8) is 0 Å². The van der Waals surface area contributed by atoms with Crippen molar-refractivity contribution in [2.45, 2.75) is 37.6 Å². The number of carbonyl (C=O) groups excluding carboxylic acids is 1. The van der Waals surface area contributed by atoms with Gasteiger partial charge < -0.3 is 25.4 Å². The molecule has 11 heteroatoms. The van der Waals surface area contributed by atoms with Gasteiger partial charge in [0, 0.05) is 6.92 Å². The SMILES string of the molecule is CC(=O)N[C@@H]1[C@@H](OS(=O)(=O)O)[C@@H](O)[C@@H](CO)O[C@H]1O. The summed E-state index contributed by atoms with van der Waals surface area (Å²) in [6, 6.07) is -1.43. The number of rotatable bonds is 4. The van der Waals surface area contributed by atoms with E-state index in [0.717, 1.165) is 6.92 Å². The van der Waals surface area contributed by atoms with Crippen LogP contribution in [0.3, 0.4) is 0 Å². The third kappa shape index (κ3) is 4.35. The van der Waals surface area contributed by atoms with Crippen molar-refractivity contribution >= 4 is 16.3 Å².